The van der Waals surface area contributed by atoms with Crippen molar-refractivity contribution < 1.29 is 22.7 Å². The second-order valence-corrected chi connectivity index (χ2v) is 10.2. The number of amides is 1. The molecule has 1 N–H and O–H groups in total. The second-order valence-electron chi connectivity index (χ2n) is 7.54. The summed E-state index contributed by atoms with van der Waals surface area (Å²) in [6, 6.07) is 5.89. The number of piperidine rings is 1. The summed E-state index contributed by atoms with van der Waals surface area (Å²) >= 11 is 1.60. The number of hydrogen-bond donors (Lipinski definition) is 1. The Kier molecular flexibility index (Phi) is 7.98. The molecular formula is C20H30N2O5S2. The lowest BCUT2D eigenvalue weighted by Gasteiger charge is -2.35. The van der Waals surface area contributed by atoms with Gasteiger partial charge in [-0.25, -0.2) is 8.42 Å². The molecule has 0 spiro atoms. The lowest BCUT2D eigenvalue weighted by Crippen LogP contribution is -2.51. The average Bonchev–Trinajstić information content (AvgIpc) is 3.26. The highest BCUT2D eigenvalue weighted by Gasteiger charge is 2.35. The number of ether oxygens (including phenoxy) is 2. The molecule has 1 atom stereocenters. The number of sulfonamides is 1. The van der Waals surface area contributed by atoms with Crippen molar-refractivity contribution in [2.24, 2.45) is 5.92 Å². The van der Waals surface area contributed by atoms with Crippen molar-refractivity contribution in [1.29, 1.82) is 0 Å². The topological polar surface area (TPSA) is 84.9 Å². The van der Waals surface area contributed by atoms with Crippen LogP contribution in [0.15, 0.2) is 29.2 Å². The number of nitrogens with one attached hydrogen (secondary N) is 1. The molecule has 0 radical (unpaired) electrons. The molecule has 0 bridgehead atoms. The number of aryl methyl sites for hydroxylation is 1. The van der Waals surface area contributed by atoms with Crippen LogP contribution in [0.5, 0.6) is 0 Å². The summed E-state index contributed by atoms with van der Waals surface area (Å²) in [4.78, 5) is 15.1. The first kappa shape index (κ1) is 22.6. The minimum Gasteiger partial charge on any atom is -0.350 e. The van der Waals surface area contributed by atoms with E-state index in [1.807, 2.05) is 13.2 Å². The van der Waals surface area contributed by atoms with Gasteiger partial charge in [0, 0.05) is 19.0 Å². The van der Waals surface area contributed by atoms with Crippen LogP contribution < -0.4 is 4.72 Å². The van der Waals surface area contributed by atoms with Gasteiger partial charge in [-0.1, -0.05) is 17.7 Å². The Morgan fingerprint density at radius 1 is 1.21 bits per heavy atom. The first-order valence-corrected chi connectivity index (χ1v) is 12.9. The zero-order valence-corrected chi connectivity index (χ0v) is 18.6. The van der Waals surface area contributed by atoms with E-state index in [2.05, 4.69) is 4.72 Å². The smallest absolute Gasteiger partial charge is 0.241 e. The normalized spacial score (nSPS) is 20.1. The molecule has 162 valence electrons. The summed E-state index contributed by atoms with van der Waals surface area (Å²) in [6.45, 7) is 4.34. The SMILES string of the molecule is CSCCC(NS(=O)(=O)c1ccc(C)cc1)C(=O)N1CCC(C2OCCO2)CC1. The predicted molar refractivity (Wildman–Crippen MR) is 113 cm³/mol. The third kappa shape index (κ3) is 5.95. The number of carbonyl (C=O) groups excluding carboxylic acids is 1. The van der Waals surface area contributed by atoms with Crippen molar-refractivity contribution in [2.45, 2.75) is 43.4 Å². The number of carbonyl (C=O) groups is 1. The number of benzene rings is 1. The molecule has 0 aromatic heterocycles. The van der Waals surface area contributed by atoms with Gasteiger partial charge >= 0.3 is 0 Å². The van der Waals surface area contributed by atoms with E-state index in [0.29, 0.717) is 38.5 Å². The Labute approximate surface area is 177 Å². The van der Waals surface area contributed by atoms with Crippen molar-refractivity contribution in [1.82, 2.24) is 9.62 Å². The minimum atomic E-state index is -3.76. The molecule has 2 heterocycles. The molecule has 7 nitrogen and oxygen atoms in total. The van der Waals surface area contributed by atoms with Gasteiger partial charge in [0.1, 0.15) is 6.04 Å². The van der Waals surface area contributed by atoms with E-state index >= 15 is 0 Å². The number of likely N-dealkylation sites (tertiary alicyclic amines) is 1. The fourth-order valence-electron chi connectivity index (χ4n) is 3.70. The van der Waals surface area contributed by atoms with Crippen LogP contribution in [-0.4, -0.2) is 69.9 Å². The molecule has 2 aliphatic rings. The number of rotatable bonds is 8. The van der Waals surface area contributed by atoms with Gasteiger partial charge in [-0.05, 0) is 50.3 Å². The summed E-state index contributed by atoms with van der Waals surface area (Å²) in [7, 11) is -3.76. The van der Waals surface area contributed by atoms with Gasteiger partial charge in [0.25, 0.3) is 0 Å². The summed E-state index contributed by atoms with van der Waals surface area (Å²) < 4.78 is 39.4. The minimum absolute atomic E-state index is 0.151. The Hall–Kier alpha value is -1.13. The molecule has 0 aliphatic carbocycles. The molecule has 1 amide bonds. The molecule has 0 saturated carbocycles. The van der Waals surface area contributed by atoms with Gasteiger partial charge in [-0.15, -0.1) is 0 Å². The van der Waals surface area contributed by atoms with Crippen molar-refractivity contribution in [3.63, 3.8) is 0 Å². The zero-order chi connectivity index (χ0) is 20.9. The molecular weight excluding hydrogens is 412 g/mol. The van der Waals surface area contributed by atoms with Gasteiger partial charge in [0.05, 0.1) is 18.1 Å². The monoisotopic (exact) mass is 442 g/mol. The summed E-state index contributed by atoms with van der Waals surface area (Å²) in [5, 5.41) is 0. The zero-order valence-electron chi connectivity index (χ0n) is 17.0. The predicted octanol–water partition coefficient (Wildman–Crippen LogP) is 2.01. The van der Waals surface area contributed by atoms with Crippen molar-refractivity contribution in [3.8, 4) is 0 Å². The molecule has 2 aliphatic heterocycles. The fourth-order valence-corrected chi connectivity index (χ4v) is 5.40. The van der Waals surface area contributed by atoms with E-state index in [0.717, 1.165) is 18.4 Å². The van der Waals surface area contributed by atoms with Crippen LogP contribution in [0.3, 0.4) is 0 Å². The maximum absolute atomic E-state index is 13.1. The largest absolute Gasteiger partial charge is 0.350 e. The Morgan fingerprint density at radius 2 is 1.83 bits per heavy atom. The highest BCUT2D eigenvalue weighted by molar-refractivity contribution is 7.98. The molecule has 9 heteroatoms. The lowest BCUT2D eigenvalue weighted by atomic mass is 9.95. The number of hydrogen-bond acceptors (Lipinski definition) is 6. The average molecular weight is 443 g/mol. The molecule has 2 fully saturated rings. The molecule has 3 rings (SSSR count). The van der Waals surface area contributed by atoms with E-state index in [-0.39, 0.29) is 23.0 Å². The van der Waals surface area contributed by atoms with Crippen LogP contribution in [0.1, 0.15) is 24.8 Å². The Balaban J connectivity index is 1.64. The fraction of sp³-hybridized carbons (Fsp3) is 0.650. The summed E-state index contributed by atoms with van der Waals surface area (Å²) in [6.07, 6.45) is 3.84. The highest BCUT2D eigenvalue weighted by Crippen LogP contribution is 2.26. The van der Waals surface area contributed by atoms with Gasteiger partial charge in [0.15, 0.2) is 6.29 Å². The highest BCUT2D eigenvalue weighted by atomic mass is 32.2. The Morgan fingerprint density at radius 3 is 2.41 bits per heavy atom. The standard InChI is InChI=1S/C20H30N2O5S2/c1-15-3-5-17(6-4-15)29(24,25)21-18(9-14-28-2)19(23)22-10-7-16(8-11-22)20-26-12-13-27-20/h3-6,16,18,20-21H,7-14H2,1-2H3. The molecule has 1 aromatic rings. The van der Waals surface area contributed by atoms with Crippen LogP contribution in [0, 0.1) is 12.8 Å². The van der Waals surface area contributed by atoms with Crippen LogP contribution >= 0.6 is 11.8 Å². The van der Waals surface area contributed by atoms with Crippen LogP contribution in [0.25, 0.3) is 0 Å². The van der Waals surface area contributed by atoms with E-state index < -0.39 is 16.1 Å². The van der Waals surface area contributed by atoms with Crippen molar-refractivity contribution >= 4 is 27.7 Å². The lowest BCUT2D eigenvalue weighted by molar-refractivity contribution is -0.138. The van der Waals surface area contributed by atoms with Gasteiger partial charge in [0.2, 0.25) is 15.9 Å². The molecule has 29 heavy (non-hydrogen) atoms. The maximum atomic E-state index is 13.1. The van der Waals surface area contributed by atoms with Crippen LogP contribution in [0.4, 0.5) is 0 Å². The molecule has 2 saturated heterocycles. The van der Waals surface area contributed by atoms with E-state index in [1.54, 1.807) is 40.9 Å². The van der Waals surface area contributed by atoms with Crippen molar-refractivity contribution in [3.05, 3.63) is 29.8 Å². The first-order chi connectivity index (χ1) is 13.9. The maximum Gasteiger partial charge on any atom is 0.241 e. The van der Waals surface area contributed by atoms with Gasteiger partial charge < -0.3 is 14.4 Å². The number of nitrogens with zero attached hydrogens (tertiary/aromatic N) is 1. The van der Waals surface area contributed by atoms with Crippen LogP contribution in [0.2, 0.25) is 0 Å². The first-order valence-electron chi connectivity index (χ1n) is 10.0. The van der Waals surface area contributed by atoms with E-state index in [4.69, 9.17) is 9.47 Å². The Bertz CT molecular complexity index is 771. The van der Waals surface area contributed by atoms with E-state index in [9.17, 15) is 13.2 Å². The second kappa shape index (κ2) is 10.3. The van der Waals surface area contributed by atoms with Crippen molar-refractivity contribution in [2.75, 3.05) is 38.3 Å². The summed E-state index contributed by atoms with van der Waals surface area (Å²) in [5.41, 5.74) is 0.983. The third-order valence-corrected chi connectivity index (χ3v) is 7.55. The summed E-state index contributed by atoms with van der Waals surface area (Å²) in [5.74, 6) is 0.837. The van der Waals surface area contributed by atoms with E-state index in [1.165, 1.54) is 0 Å². The quantitative estimate of drug-likeness (QED) is 0.663. The van der Waals surface area contributed by atoms with Gasteiger partial charge in [-0.2, -0.15) is 16.5 Å². The number of thioether (sulfide) groups is 1. The van der Waals surface area contributed by atoms with Gasteiger partial charge in [-0.3, -0.25) is 4.79 Å². The molecule has 1 unspecified atom stereocenters. The third-order valence-electron chi connectivity index (χ3n) is 5.42. The molecule has 1 aromatic carbocycles. The van der Waals surface area contributed by atoms with Crippen LogP contribution in [-0.2, 0) is 24.3 Å².